The minimum atomic E-state index is -2.49. The first-order chi connectivity index (χ1) is 31.3. The molecule has 15 heteroatoms. The number of hydrogen-bond acceptors (Lipinski definition) is 14. The van der Waals surface area contributed by atoms with Gasteiger partial charge in [0.05, 0.1) is 42.5 Å². The van der Waals surface area contributed by atoms with Gasteiger partial charge in [0, 0.05) is 37.7 Å². The highest BCUT2D eigenvalue weighted by Crippen LogP contribution is 2.64. The largest absolute Gasteiger partial charge is 0.456 e. The highest BCUT2D eigenvalue weighted by atomic mass is 16.6. The molecular formula is C47H51NO14. The van der Waals surface area contributed by atoms with E-state index >= 15 is 4.79 Å². The molecule has 3 aromatic rings. The van der Waals surface area contributed by atoms with Crippen molar-refractivity contribution in [2.45, 2.75) is 108 Å². The van der Waals surface area contributed by atoms with E-state index in [4.69, 9.17) is 30.5 Å². The molecule has 4 N–H and O–H groups in total. The molecular weight excluding hydrogens is 803 g/mol. The Bertz CT molecular complexity index is 2550. The third kappa shape index (κ3) is 7.29. The van der Waals surface area contributed by atoms with Crippen LogP contribution in [0, 0.1) is 16.7 Å². The van der Waals surface area contributed by atoms with Crippen molar-refractivity contribution >= 4 is 35.6 Å². The quantitative estimate of drug-likeness (QED) is 0.130. The summed E-state index contributed by atoms with van der Waals surface area (Å²) in [6.07, 6.45) is -11.4. The Hall–Kier alpha value is -5.74. The summed E-state index contributed by atoms with van der Waals surface area (Å²) in [6.45, 7) is 7.59. The Labute approximate surface area is 365 Å². The molecule has 2 bridgehead atoms. The van der Waals surface area contributed by atoms with Crippen LogP contribution in [0.15, 0.2) is 102 Å². The highest BCUT2D eigenvalue weighted by molar-refractivity contribution is 5.96. The molecule has 15 nitrogen and oxygen atoms in total. The van der Waals surface area contributed by atoms with Gasteiger partial charge in [-0.1, -0.05) is 80.5 Å². The van der Waals surface area contributed by atoms with Gasteiger partial charge in [-0.3, -0.25) is 19.2 Å². The number of aliphatic hydroxyl groups excluding tert-OH is 2. The standard InChI is InChI=1S/C47H51NO14/c1-25-31(60-43(56)36(52)35(28-16-10-7-11-17-28)48-41(54)29-18-12-8-13-19-29)23-47(57)40(61-42(55)30-20-14-9-15-21-30)38-45(6,32(51)22-33-46(38,24-58-33)62-27(3)50)39(53)37(59-26(2)49)34(25)44(47,4)5/h7-21,31-33,35-38,40,51-52,57H,22-24H2,1-6H3,(H,48,54)/t31-,32-,33?,35-,36+,37+,38-,40-,45+,46-,47+/m0/s1/i8D,12D,13D,18D,19D. The molecule has 1 amide bonds. The topological polar surface area (TPSA) is 221 Å². The molecule has 1 unspecified atom stereocenters. The van der Waals surface area contributed by atoms with Gasteiger partial charge >= 0.3 is 23.9 Å². The maximum atomic E-state index is 15.5. The minimum Gasteiger partial charge on any atom is -0.456 e. The van der Waals surface area contributed by atoms with Crippen LogP contribution >= 0.6 is 0 Å². The average Bonchev–Trinajstić information content (AvgIpc) is 3.27. The Morgan fingerprint density at radius 1 is 0.887 bits per heavy atom. The predicted molar refractivity (Wildman–Crippen MR) is 218 cm³/mol. The normalized spacial score (nSPS) is 33.0. The number of aliphatic hydroxyl groups is 3. The molecule has 0 aromatic heterocycles. The van der Waals surface area contributed by atoms with Gasteiger partial charge in [-0.25, -0.2) is 9.59 Å². The Balaban J connectivity index is 1.38. The molecule has 1 aliphatic heterocycles. The number of Topliss-reactive ketones (excluding diaryl/α,β-unsaturated/α-hetero) is 1. The van der Waals surface area contributed by atoms with Crippen LogP contribution in [0.1, 0.15) is 93.6 Å². The monoisotopic (exact) mass is 858 g/mol. The molecule has 4 aliphatic rings. The average molecular weight is 859 g/mol. The fraction of sp³-hybridized carbons (Fsp3) is 0.447. The van der Waals surface area contributed by atoms with Crippen molar-refractivity contribution in [2.75, 3.05) is 6.61 Å². The summed E-state index contributed by atoms with van der Waals surface area (Å²) in [6, 6.07) is 9.44. The van der Waals surface area contributed by atoms with E-state index in [1.54, 1.807) is 24.3 Å². The molecule has 3 fully saturated rings. The van der Waals surface area contributed by atoms with E-state index in [-0.39, 0.29) is 35.3 Å². The van der Waals surface area contributed by atoms with E-state index in [0.717, 1.165) is 13.8 Å². The van der Waals surface area contributed by atoms with Gasteiger partial charge in [-0.2, -0.15) is 0 Å². The number of esters is 4. The third-order valence-electron chi connectivity index (χ3n) is 13.2. The van der Waals surface area contributed by atoms with Gasteiger partial charge in [0.25, 0.3) is 5.91 Å². The number of benzene rings is 3. The van der Waals surface area contributed by atoms with Crippen LogP contribution < -0.4 is 5.32 Å². The van der Waals surface area contributed by atoms with Crippen molar-refractivity contribution in [2.24, 2.45) is 16.7 Å². The second-order valence-electron chi connectivity index (χ2n) is 17.0. The summed E-state index contributed by atoms with van der Waals surface area (Å²) < 4.78 is 70.8. The molecule has 3 aromatic carbocycles. The van der Waals surface area contributed by atoms with E-state index in [9.17, 15) is 39.3 Å². The second-order valence-corrected chi connectivity index (χ2v) is 17.0. The van der Waals surface area contributed by atoms with Gasteiger partial charge < -0.3 is 44.3 Å². The smallest absolute Gasteiger partial charge is 0.338 e. The maximum absolute atomic E-state index is 15.5. The fourth-order valence-corrected chi connectivity index (χ4v) is 9.95. The number of fused-ring (bicyclic) bond motifs is 5. The summed E-state index contributed by atoms with van der Waals surface area (Å²) >= 11 is 0. The SMILES string of the molecule is [2H]c1c([2H])c([2H])c(C(=O)N[C@@H](c2ccccc2)[C@@H](O)C(=O)O[C@H]2C[C@@]3(O)[C@@H](OC(=O)c4ccccc4)[C@H]4[C@](C)(C(=O)[C@H](OC(C)=O)C(=C2C)C3(C)C)[C@@H](O)CC2OC[C@]24OC(C)=O)c([2H])c1[2H]. The third-order valence-corrected chi connectivity index (χ3v) is 13.2. The number of amides is 1. The van der Waals surface area contributed by atoms with Crippen LogP contribution in [0.4, 0.5) is 0 Å². The minimum absolute atomic E-state index is 0.0163. The molecule has 11 atom stereocenters. The summed E-state index contributed by atoms with van der Waals surface area (Å²) in [5.41, 5.74) is -8.87. The number of ether oxygens (including phenoxy) is 5. The van der Waals surface area contributed by atoms with Gasteiger partial charge in [0.1, 0.15) is 23.9 Å². The number of nitrogens with one attached hydrogen (secondary N) is 1. The van der Waals surface area contributed by atoms with Crippen LogP contribution in [0.3, 0.4) is 0 Å². The number of rotatable bonds is 10. The Morgan fingerprint density at radius 3 is 2.10 bits per heavy atom. The zero-order valence-corrected chi connectivity index (χ0v) is 34.8. The second kappa shape index (κ2) is 16.5. The van der Waals surface area contributed by atoms with Crippen molar-refractivity contribution in [3.05, 3.63) is 119 Å². The van der Waals surface area contributed by atoms with E-state index in [2.05, 4.69) is 5.32 Å². The number of carbonyl (C=O) groups is 6. The lowest BCUT2D eigenvalue weighted by molar-refractivity contribution is -0.346. The van der Waals surface area contributed by atoms with Crippen molar-refractivity contribution in [3.8, 4) is 0 Å². The van der Waals surface area contributed by atoms with Crippen LogP contribution in [0.5, 0.6) is 0 Å². The summed E-state index contributed by atoms with van der Waals surface area (Å²) in [5.74, 6) is -7.99. The lowest BCUT2D eigenvalue weighted by Gasteiger charge is -2.67. The first-order valence-corrected chi connectivity index (χ1v) is 20.1. The van der Waals surface area contributed by atoms with Crippen molar-refractivity contribution in [3.63, 3.8) is 0 Å². The molecule has 7 rings (SSSR count). The molecule has 62 heavy (non-hydrogen) atoms. The van der Waals surface area contributed by atoms with E-state index in [0.29, 0.717) is 0 Å². The predicted octanol–water partition coefficient (Wildman–Crippen LogP) is 3.74. The molecule has 1 heterocycles. The van der Waals surface area contributed by atoms with Gasteiger partial charge in [-0.15, -0.1) is 0 Å². The highest BCUT2D eigenvalue weighted by Gasteiger charge is 2.78. The van der Waals surface area contributed by atoms with Crippen molar-refractivity contribution in [1.82, 2.24) is 5.32 Å². The Morgan fingerprint density at radius 2 is 1.52 bits per heavy atom. The summed E-state index contributed by atoms with van der Waals surface area (Å²) in [7, 11) is 0. The van der Waals surface area contributed by atoms with Gasteiger partial charge in [0.2, 0.25) is 0 Å². The molecule has 3 aliphatic carbocycles. The number of hydrogen-bond donors (Lipinski definition) is 4. The number of carbonyl (C=O) groups excluding carboxylic acids is 6. The van der Waals surface area contributed by atoms with Crippen LogP contribution in [0.2, 0.25) is 0 Å². The molecule has 1 saturated heterocycles. The van der Waals surface area contributed by atoms with Crippen molar-refractivity contribution < 1.29 is 74.6 Å². The molecule has 328 valence electrons. The zero-order chi connectivity index (χ0) is 49.3. The van der Waals surface area contributed by atoms with Crippen LogP contribution in [-0.4, -0.2) is 105 Å². The van der Waals surface area contributed by atoms with E-state index < -0.39 is 148 Å². The molecule has 2 saturated carbocycles. The first kappa shape index (κ1) is 38.0. The summed E-state index contributed by atoms with van der Waals surface area (Å²) in [4.78, 5) is 84.1. The van der Waals surface area contributed by atoms with E-state index in [1.807, 2.05) is 0 Å². The Kier molecular flexibility index (Phi) is 10.1. The van der Waals surface area contributed by atoms with Crippen LogP contribution in [-0.2, 0) is 42.9 Å². The fourth-order valence-electron chi connectivity index (χ4n) is 9.95. The lowest BCUT2D eigenvalue weighted by atomic mass is 9.44. The first-order valence-electron chi connectivity index (χ1n) is 22.6. The van der Waals surface area contributed by atoms with E-state index in [1.165, 1.54) is 64.1 Å². The van der Waals surface area contributed by atoms with Gasteiger partial charge in [-0.05, 0) is 54.8 Å². The van der Waals surface area contributed by atoms with Gasteiger partial charge in [0.15, 0.2) is 23.6 Å². The molecule has 0 radical (unpaired) electrons. The molecule has 0 spiro atoms. The maximum Gasteiger partial charge on any atom is 0.338 e. The lowest BCUT2D eigenvalue weighted by Crippen LogP contribution is -2.82. The van der Waals surface area contributed by atoms with Crippen molar-refractivity contribution in [1.29, 1.82) is 0 Å². The number of ketones is 1. The van der Waals surface area contributed by atoms with Crippen LogP contribution in [0.25, 0.3) is 0 Å². The summed E-state index contributed by atoms with van der Waals surface area (Å²) in [5, 5.41) is 40.1. The zero-order valence-electron chi connectivity index (χ0n) is 39.8.